The number of hydrogen-bond donors (Lipinski definition) is 1. The lowest BCUT2D eigenvalue weighted by atomic mass is 10.2. The molecule has 1 atom stereocenters. The zero-order chi connectivity index (χ0) is 12.4. The normalized spacial score (nSPS) is 19.1. The maximum absolute atomic E-state index is 5.36. The highest BCUT2D eigenvalue weighted by atomic mass is 35.5. The van der Waals surface area contributed by atoms with E-state index in [0.717, 1.165) is 42.6 Å². The van der Waals surface area contributed by atoms with Gasteiger partial charge in [-0.2, -0.15) is 0 Å². The number of halogens is 2. The maximum atomic E-state index is 5.36. The summed E-state index contributed by atoms with van der Waals surface area (Å²) in [4.78, 5) is 7.08. The molecule has 3 heterocycles. The molecule has 1 saturated heterocycles. The van der Waals surface area contributed by atoms with Crippen molar-refractivity contribution in [1.82, 2.24) is 15.2 Å². The molecular weight excluding hydrogens is 317 g/mol. The number of hydrogen-bond acceptors (Lipinski definition) is 5. The van der Waals surface area contributed by atoms with E-state index in [4.69, 9.17) is 4.42 Å². The highest BCUT2D eigenvalue weighted by molar-refractivity contribution is 7.13. The summed E-state index contributed by atoms with van der Waals surface area (Å²) >= 11 is 1.65. The Hall–Kier alpha value is -0.590. The van der Waals surface area contributed by atoms with Gasteiger partial charge in [0.15, 0.2) is 10.8 Å². The van der Waals surface area contributed by atoms with Gasteiger partial charge in [-0.25, -0.2) is 4.98 Å². The summed E-state index contributed by atoms with van der Waals surface area (Å²) in [6.45, 7) is 6.41. The van der Waals surface area contributed by atoms with Crippen LogP contribution < -0.4 is 5.32 Å². The molecule has 1 N–H and O–H groups in total. The Morgan fingerprint density at radius 1 is 1.50 bits per heavy atom. The zero-order valence-electron chi connectivity index (χ0n) is 11.2. The second kappa shape index (κ2) is 8.00. The Labute approximate surface area is 135 Å². The predicted octanol–water partition coefficient (Wildman–Crippen LogP) is 3.04. The van der Waals surface area contributed by atoms with Crippen molar-refractivity contribution < 1.29 is 4.42 Å². The van der Waals surface area contributed by atoms with Gasteiger partial charge < -0.3 is 9.73 Å². The molecule has 7 heteroatoms. The van der Waals surface area contributed by atoms with E-state index in [1.807, 2.05) is 12.1 Å². The molecule has 1 fully saturated rings. The van der Waals surface area contributed by atoms with Gasteiger partial charge in [0.05, 0.1) is 12.0 Å². The molecule has 0 saturated carbocycles. The lowest BCUT2D eigenvalue weighted by Crippen LogP contribution is -2.48. The first-order chi connectivity index (χ1) is 8.81. The van der Waals surface area contributed by atoms with Crippen LogP contribution in [0.2, 0.25) is 0 Å². The van der Waals surface area contributed by atoms with Crippen LogP contribution in [0.3, 0.4) is 0 Å². The van der Waals surface area contributed by atoms with E-state index in [1.54, 1.807) is 17.6 Å². The number of nitrogens with zero attached hydrogens (tertiary/aromatic N) is 2. The van der Waals surface area contributed by atoms with E-state index in [1.165, 1.54) is 0 Å². The molecule has 0 aliphatic carbocycles. The Kier molecular flexibility index (Phi) is 6.99. The number of piperazine rings is 1. The van der Waals surface area contributed by atoms with Gasteiger partial charge in [-0.1, -0.05) is 0 Å². The van der Waals surface area contributed by atoms with Gasteiger partial charge in [0.1, 0.15) is 0 Å². The van der Waals surface area contributed by atoms with Crippen LogP contribution in [0.5, 0.6) is 0 Å². The molecule has 4 nitrogen and oxygen atoms in total. The third-order valence-electron chi connectivity index (χ3n) is 3.12. The van der Waals surface area contributed by atoms with Crippen LogP contribution >= 0.6 is 36.2 Å². The molecule has 0 radical (unpaired) electrons. The van der Waals surface area contributed by atoms with Crippen molar-refractivity contribution in [1.29, 1.82) is 0 Å². The first-order valence-corrected chi connectivity index (χ1v) is 7.13. The first-order valence-electron chi connectivity index (χ1n) is 6.25. The molecule has 0 aromatic carbocycles. The van der Waals surface area contributed by atoms with E-state index >= 15 is 0 Å². The highest BCUT2D eigenvalue weighted by Gasteiger charge is 2.17. The predicted molar refractivity (Wildman–Crippen MR) is 87.1 cm³/mol. The summed E-state index contributed by atoms with van der Waals surface area (Å²) in [7, 11) is 0. The molecule has 0 spiro atoms. The van der Waals surface area contributed by atoms with Crippen LogP contribution in [-0.4, -0.2) is 35.6 Å². The first kappa shape index (κ1) is 17.5. The second-order valence-electron chi connectivity index (χ2n) is 4.71. The lowest BCUT2D eigenvalue weighted by molar-refractivity contribution is 0.198. The van der Waals surface area contributed by atoms with Crippen molar-refractivity contribution >= 4 is 36.2 Å². The second-order valence-corrected chi connectivity index (χ2v) is 5.57. The van der Waals surface area contributed by atoms with E-state index in [9.17, 15) is 0 Å². The Balaban J connectivity index is 0.000001000. The molecule has 2 aromatic heterocycles. The molecule has 1 aliphatic rings. The van der Waals surface area contributed by atoms with Crippen LogP contribution in [-0.2, 0) is 6.54 Å². The summed E-state index contributed by atoms with van der Waals surface area (Å²) in [6.07, 6.45) is 1.69. The van der Waals surface area contributed by atoms with Gasteiger partial charge in [0, 0.05) is 37.6 Å². The lowest BCUT2D eigenvalue weighted by Gasteiger charge is -2.31. The Bertz CT molecular complexity index is 503. The van der Waals surface area contributed by atoms with Crippen molar-refractivity contribution in [3.63, 3.8) is 0 Å². The van der Waals surface area contributed by atoms with E-state index < -0.39 is 0 Å². The third kappa shape index (κ3) is 4.20. The SMILES string of the molecule is CC1CN(Cc2csc(-c3ccco3)n2)CCN1.Cl.Cl. The van der Waals surface area contributed by atoms with Crippen LogP contribution in [0.15, 0.2) is 28.2 Å². The minimum Gasteiger partial charge on any atom is -0.462 e. The third-order valence-corrected chi connectivity index (χ3v) is 4.03. The van der Waals surface area contributed by atoms with E-state index in [0.29, 0.717) is 6.04 Å². The number of nitrogens with one attached hydrogen (secondary N) is 1. The summed E-state index contributed by atoms with van der Waals surface area (Å²) in [5, 5.41) is 6.55. The standard InChI is InChI=1S/C13H17N3OS.2ClH/c1-10-7-16(5-4-14-10)8-11-9-18-13(15-11)12-3-2-6-17-12;;/h2-3,6,9-10,14H,4-5,7-8H2,1H3;2*1H. The monoisotopic (exact) mass is 335 g/mol. The fourth-order valence-corrected chi connectivity index (χ4v) is 3.06. The quantitative estimate of drug-likeness (QED) is 0.935. The van der Waals surface area contributed by atoms with Crippen LogP contribution in [0.25, 0.3) is 10.8 Å². The van der Waals surface area contributed by atoms with Crippen LogP contribution in [0.1, 0.15) is 12.6 Å². The molecule has 112 valence electrons. The Morgan fingerprint density at radius 2 is 2.35 bits per heavy atom. The summed E-state index contributed by atoms with van der Waals surface area (Å²) in [5.41, 5.74) is 1.14. The maximum Gasteiger partial charge on any atom is 0.162 e. The molecule has 1 unspecified atom stereocenters. The van der Waals surface area contributed by atoms with Gasteiger partial charge in [-0.05, 0) is 19.1 Å². The average Bonchev–Trinajstić information content (AvgIpc) is 2.98. The number of furan rings is 1. The van der Waals surface area contributed by atoms with Crippen molar-refractivity contribution in [2.75, 3.05) is 19.6 Å². The largest absolute Gasteiger partial charge is 0.462 e. The zero-order valence-corrected chi connectivity index (χ0v) is 13.7. The number of thiazole rings is 1. The number of aromatic nitrogens is 1. The van der Waals surface area contributed by atoms with Crippen molar-refractivity contribution in [3.05, 3.63) is 29.5 Å². The van der Waals surface area contributed by atoms with E-state index in [2.05, 4.69) is 27.5 Å². The smallest absolute Gasteiger partial charge is 0.162 e. The molecule has 20 heavy (non-hydrogen) atoms. The molecular formula is C13H19Cl2N3OS. The van der Waals surface area contributed by atoms with E-state index in [-0.39, 0.29) is 24.8 Å². The van der Waals surface area contributed by atoms with Crippen LogP contribution in [0, 0.1) is 0 Å². The molecule has 0 bridgehead atoms. The molecule has 0 amide bonds. The minimum absolute atomic E-state index is 0. The summed E-state index contributed by atoms with van der Waals surface area (Å²) in [6, 6.07) is 4.42. The summed E-state index contributed by atoms with van der Waals surface area (Å²) < 4.78 is 5.36. The van der Waals surface area contributed by atoms with Gasteiger partial charge in [0.25, 0.3) is 0 Å². The fourth-order valence-electron chi connectivity index (χ4n) is 2.28. The van der Waals surface area contributed by atoms with Crippen molar-refractivity contribution in [2.45, 2.75) is 19.5 Å². The van der Waals surface area contributed by atoms with Gasteiger partial charge >= 0.3 is 0 Å². The van der Waals surface area contributed by atoms with Gasteiger partial charge in [-0.15, -0.1) is 36.2 Å². The topological polar surface area (TPSA) is 41.3 Å². The van der Waals surface area contributed by atoms with Crippen molar-refractivity contribution in [2.24, 2.45) is 0 Å². The minimum atomic E-state index is 0. The fraction of sp³-hybridized carbons (Fsp3) is 0.462. The van der Waals surface area contributed by atoms with Crippen molar-refractivity contribution in [3.8, 4) is 10.8 Å². The molecule has 3 rings (SSSR count). The number of rotatable bonds is 3. The highest BCUT2D eigenvalue weighted by Crippen LogP contribution is 2.24. The van der Waals surface area contributed by atoms with Crippen LogP contribution in [0.4, 0.5) is 0 Å². The Morgan fingerprint density at radius 3 is 3.05 bits per heavy atom. The van der Waals surface area contributed by atoms with Gasteiger partial charge in [-0.3, -0.25) is 4.90 Å². The summed E-state index contributed by atoms with van der Waals surface area (Å²) in [5.74, 6) is 0.861. The molecule has 2 aromatic rings. The average molecular weight is 336 g/mol. The van der Waals surface area contributed by atoms with Gasteiger partial charge in [0.2, 0.25) is 0 Å². The molecule has 1 aliphatic heterocycles.